The van der Waals surface area contributed by atoms with Gasteiger partial charge in [0.25, 0.3) is 5.91 Å². The summed E-state index contributed by atoms with van der Waals surface area (Å²) in [6.07, 6.45) is 10.6. The molecular formula is C39H34ClFN6O5. The van der Waals surface area contributed by atoms with Crippen LogP contribution >= 0.6 is 11.6 Å². The van der Waals surface area contributed by atoms with Crippen molar-refractivity contribution in [3.05, 3.63) is 129 Å². The molecule has 2 aliphatic rings. The van der Waals surface area contributed by atoms with E-state index in [0.29, 0.717) is 70.3 Å². The number of unbranched alkanes of at least 4 members (excludes halogenated alkanes) is 2. The number of hydrogen-bond acceptors (Lipinski definition) is 7. The second kappa shape index (κ2) is 14.1. The molecule has 3 aromatic carbocycles. The molecule has 0 fully saturated rings. The zero-order chi connectivity index (χ0) is 36.7. The minimum absolute atomic E-state index is 0.0782. The Bertz CT molecular complexity index is 2270. The second-order valence-corrected chi connectivity index (χ2v) is 13.3. The molecule has 0 saturated heterocycles. The summed E-state index contributed by atoms with van der Waals surface area (Å²) < 4.78 is 24.8. The lowest BCUT2D eigenvalue weighted by atomic mass is 9.92. The van der Waals surface area contributed by atoms with Gasteiger partial charge in [-0.25, -0.2) is 23.9 Å². The molecule has 2 atom stereocenters. The van der Waals surface area contributed by atoms with Gasteiger partial charge < -0.3 is 19.3 Å². The third kappa shape index (κ3) is 6.12. The number of aromatic carboxylic acids is 1. The smallest absolute Gasteiger partial charge is 0.358 e. The topological polar surface area (TPSA) is 123 Å². The number of ether oxygens (including phenoxy) is 1. The summed E-state index contributed by atoms with van der Waals surface area (Å²) in [6, 6.07) is 15.9. The number of nitrogens with zero attached hydrogens (tertiary/aromatic N) is 6. The van der Waals surface area contributed by atoms with Crippen molar-refractivity contribution in [2.45, 2.75) is 44.8 Å². The van der Waals surface area contributed by atoms with E-state index in [2.05, 4.69) is 20.8 Å². The Morgan fingerprint density at radius 3 is 2.52 bits per heavy atom. The van der Waals surface area contributed by atoms with Crippen LogP contribution in [-0.2, 0) is 11.3 Å². The van der Waals surface area contributed by atoms with Gasteiger partial charge in [0.1, 0.15) is 18.5 Å². The maximum absolute atomic E-state index is 15.6. The molecule has 0 saturated carbocycles. The summed E-state index contributed by atoms with van der Waals surface area (Å²) in [5, 5.41) is 10.5. The van der Waals surface area contributed by atoms with Crippen LogP contribution in [0.2, 0.25) is 5.02 Å². The van der Waals surface area contributed by atoms with Gasteiger partial charge in [-0.1, -0.05) is 35.7 Å². The number of carbonyl (C=O) groups is 3. The molecule has 5 aromatic rings. The van der Waals surface area contributed by atoms with Gasteiger partial charge in [-0.3, -0.25) is 14.3 Å². The van der Waals surface area contributed by atoms with Crippen molar-refractivity contribution >= 4 is 29.4 Å². The Labute approximate surface area is 304 Å². The van der Waals surface area contributed by atoms with Crippen LogP contribution in [0.15, 0.2) is 73.3 Å². The Hall–Kier alpha value is -5.77. The number of halogens is 2. The van der Waals surface area contributed by atoms with E-state index in [1.54, 1.807) is 58.6 Å². The van der Waals surface area contributed by atoms with Gasteiger partial charge in [0.2, 0.25) is 0 Å². The number of amides is 1. The fourth-order valence-electron chi connectivity index (χ4n) is 7.22. The molecular weight excluding hydrogens is 687 g/mol. The van der Waals surface area contributed by atoms with Crippen molar-refractivity contribution < 1.29 is 28.6 Å². The molecule has 0 spiro atoms. The van der Waals surface area contributed by atoms with E-state index in [4.69, 9.17) is 22.8 Å². The Morgan fingerprint density at radius 1 is 1.00 bits per heavy atom. The Balaban J connectivity index is 1.09. The van der Waals surface area contributed by atoms with Gasteiger partial charge in [-0.15, -0.1) is 6.42 Å². The molecule has 0 radical (unpaired) electrons. The molecule has 4 heterocycles. The minimum Gasteiger partial charge on any atom is -0.476 e. The molecule has 52 heavy (non-hydrogen) atoms. The lowest BCUT2D eigenvalue weighted by Gasteiger charge is -2.36. The predicted molar refractivity (Wildman–Crippen MR) is 190 cm³/mol. The van der Waals surface area contributed by atoms with Crippen LogP contribution in [0.3, 0.4) is 0 Å². The van der Waals surface area contributed by atoms with Crippen LogP contribution in [0.4, 0.5) is 4.39 Å². The summed E-state index contributed by atoms with van der Waals surface area (Å²) in [5.74, 6) is 0.307. The van der Waals surface area contributed by atoms with Crippen molar-refractivity contribution in [1.29, 1.82) is 0 Å². The third-order valence-electron chi connectivity index (χ3n) is 9.72. The van der Waals surface area contributed by atoms with E-state index in [1.165, 1.54) is 23.6 Å². The van der Waals surface area contributed by atoms with Crippen LogP contribution < -0.4 is 0 Å². The fourth-order valence-corrected chi connectivity index (χ4v) is 7.39. The zero-order valence-electron chi connectivity index (χ0n) is 28.4. The lowest BCUT2D eigenvalue weighted by molar-refractivity contribution is 0.0485. The lowest BCUT2D eigenvalue weighted by Crippen LogP contribution is -2.33. The second-order valence-electron chi connectivity index (χ2n) is 12.8. The maximum atomic E-state index is 15.6. The van der Waals surface area contributed by atoms with Gasteiger partial charge in [0.05, 0.1) is 53.6 Å². The number of carboxylic acid groups (broad SMARTS) is 1. The average Bonchev–Trinajstić information content (AvgIpc) is 3.73. The molecule has 7 rings (SSSR count). The van der Waals surface area contributed by atoms with E-state index in [0.717, 1.165) is 5.56 Å². The van der Waals surface area contributed by atoms with E-state index >= 15 is 4.39 Å². The molecule has 11 nitrogen and oxygen atoms in total. The summed E-state index contributed by atoms with van der Waals surface area (Å²) in [7, 11) is 1.65. The maximum Gasteiger partial charge on any atom is 0.358 e. The average molecular weight is 721 g/mol. The highest BCUT2D eigenvalue weighted by Gasteiger charge is 2.38. The summed E-state index contributed by atoms with van der Waals surface area (Å²) in [6.45, 7) is 2.63. The number of aromatic nitrogens is 4. The molecule has 1 N–H and O–H groups in total. The van der Waals surface area contributed by atoms with Crippen LogP contribution in [-0.4, -0.2) is 72.1 Å². The first kappa shape index (κ1) is 34.7. The molecule has 1 unspecified atom stereocenters. The number of terminal acetylenes is 1. The SMILES string of the molecule is C#Cc1ccc2c(c1)C(c1ccccc1F)N(CCCCCOC(=O)c1ncn3c1CN(C)C(=O)c1cc(Cl)ccc1-3)[C@@H](C)c1c(C(=O)O)ncn1-2. The first-order valence-corrected chi connectivity index (χ1v) is 17.2. The number of carboxylic acids is 1. The Morgan fingerprint density at radius 2 is 1.75 bits per heavy atom. The van der Waals surface area contributed by atoms with Crippen molar-refractivity contribution in [2.24, 2.45) is 0 Å². The van der Waals surface area contributed by atoms with Crippen LogP contribution in [0, 0.1) is 18.2 Å². The van der Waals surface area contributed by atoms with Crippen LogP contribution in [0.1, 0.15) is 97.7 Å². The molecule has 0 bridgehead atoms. The standard InChI is InChI=1S/C39H34ClFN6O5/c1-4-24-12-14-30-27(18-24)36(26-10-6-7-11-29(26)41)45(23(2)35-34(38(49)50)43-22-47(30)35)16-8-5-9-17-52-39(51)33-32-20-44(3)37(48)28-19-25(40)13-15-31(28)46(32)21-42-33/h1,6-7,10-15,18-19,21-23,36H,5,8-9,16-17,20H2,2-3H3,(H,49,50)/t23-,36?/m0/s1. The molecule has 13 heteroatoms. The van der Waals surface area contributed by atoms with E-state index in [9.17, 15) is 19.5 Å². The fraction of sp³-hybridized carbons (Fsp3) is 0.256. The van der Waals surface area contributed by atoms with Crippen molar-refractivity contribution in [1.82, 2.24) is 28.9 Å². The first-order chi connectivity index (χ1) is 25.1. The minimum atomic E-state index is -1.16. The Kier molecular flexibility index (Phi) is 9.40. The third-order valence-corrected chi connectivity index (χ3v) is 9.95. The molecule has 2 aromatic heterocycles. The van der Waals surface area contributed by atoms with Crippen LogP contribution in [0.25, 0.3) is 11.4 Å². The van der Waals surface area contributed by atoms with Crippen molar-refractivity contribution in [3.8, 4) is 23.7 Å². The number of hydrogen-bond donors (Lipinski definition) is 1. The molecule has 1 amide bonds. The number of fused-ring (bicyclic) bond motifs is 6. The summed E-state index contributed by atoms with van der Waals surface area (Å²) in [5.41, 5.74) is 4.49. The number of esters is 1. The number of benzene rings is 3. The molecule has 2 aliphatic heterocycles. The first-order valence-electron chi connectivity index (χ1n) is 16.8. The quantitative estimate of drug-likeness (QED) is 0.103. The summed E-state index contributed by atoms with van der Waals surface area (Å²) >= 11 is 6.16. The number of rotatable bonds is 9. The van der Waals surface area contributed by atoms with Crippen LogP contribution in [0.5, 0.6) is 0 Å². The highest BCUT2D eigenvalue weighted by atomic mass is 35.5. The van der Waals surface area contributed by atoms with E-state index in [1.807, 2.05) is 19.1 Å². The zero-order valence-corrected chi connectivity index (χ0v) is 29.2. The van der Waals surface area contributed by atoms with Crippen molar-refractivity contribution in [2.75, 3.05) is 20.2 Å². The van der Waals surface area contributed by atoms with Gasteiger partial charge in [-0.05, 0) is 80.8 Å². The van der Waals surface area contributed by atoms with Gasteiger partial charge in [0, 0.05) is 23.2 Å². The van der Waals surface area contributed by atoms with Crippen molar-refractivity contribution in [3.63, 3.8) is 0 Å². The largest absolute Gasteiger partial charge is 0.476 e. The van der Waals surface area contributed by atoms with Gasteiger partial charge in [0.15, 0.2) is 11.4 Å². The number of imidazole rings is 2. The van der Waals surface area contributed by atoms with Gasteiger partial charge >= 0.3 is 11.9 Å². The van der Waals surface area contributed by atoms with E-state index < -0.39 is 29.8 Å². The molecule has 264 valence electrons. The highest BCUT2D eigenvalue weighted by molar-refractivity contribution is 6.31. The molecule has 0 aliphatic carbocycles. The van der Waals surface area contributed by atoms with E-state index in [-0.39, 0.29) is 30.4 Å². The monoisotopic (exact) mass is 720 g/mol. The summed E-state index contributed by atoms with van der Waals surface area (Å²) in [4.78, 5) is 50.8. The number of carbonyl (C=O) groups excluding carboxylic acids is 2. The normalized spacial score (nSPS) is 16.5. The highest BCUT2D eigenvalue weighted by Crippen LogP contribution is 2.44. The predicted octanol–water partition coefficient (Wildman–Crippen LogP) is 6.61. The van der Waals surface area contributed by atoms with Gasteiger partial charge in [-0.2, -0.15) is 0 Å².